The normalized spacial score (nSPS) is 23.4. The third-order valence-electron chi connectivity index (χ3n) is 4.61. The molecule has 1 fully saturated rings. The van der Waals surface area contributed by atoms with Crippen LogP contribution in [0.1, 0.15) is 26.2 Å². The fraction of sp³-hybridized carbons (Fsp3) is 0.368. The highest BCUT2D eigenvalue weighted by atomic mass is 31.1. The highest BCUT2D eigenvalue weighted by Gasteiger charge is 2.36. The minimum atomic E-state index is -0.304. The van der Waals surface area contributed by atoms with E-state index >= 15 is 0 Å². The summed E-state index contributed by atoms with van der Waals surface area (Å²) in [6.07, 6.45) is 3.94. The van der Waals surface area contributed by atoms with E-state index in [1.54, 1.807) is 0 Å². The lowest BCUT2D eigenvalue weighted by Gasteiger charge is -2.32. The molecule has 0 saturated heterocycles. The van der Waals surface area contributed by atoms with Gasteiger partial charge >= 0.3 is 0 Å². The molecule has 0 amide bonds. The number of hydrogen-bond acceptors (Lipinski definition) is 1. The van der Waals surface area contributed by atoms with E-state index in [0.29, 0.717) is 12.0 Å². The van der Waals surface area contributed by atoms with Gasteiger partial charge in [0, 0.05) is 6.04 Å². The fourth-order valence-electron chi connectivity index (χ4n) is 3.61. The third kappa shape index (κ3) is 3.20. The first-order valence-corrected chi connectivity index (χ1v) is 9.33. The van der Waals surface area contributed by atoms with Crippen LogP contribution < -0.4 is 16.3 Å². The van der Waals surface area contributed by atoms with Crippen molar-refractivity contribution in [3.8, 4) is 0 Å². The summed E-state index contributed by atoms with van der Waals surface area (Å²) in [5.74, 6) is 0.663. The molecule has 0 heterocycles. The molecule has 1 aliphatic carbocycles. The average molecular weight is 297 g/mol. The van der Waals surface area contributed by atoms with Crippen molar-refractivity contribution in [1.29, 1.82) is 0 Å². The van der Waals surface area contributed by atoms with E-state index < -0.39 is 0 Å². The van der Waals surface area contributed by atoms with Crippen molar-refractivity contribution in [2.45, 2.75) is 37.9 Å². The highest BCUT2D eigenvalue weighted by molar-refractivity contribution is 7.73. The molecule has 0 radical (unpaired) electrons. The summed E-state index contributed by atoms with van der Waals surface area (Å²) in [5, 5.41) is 2.99. The number of nitrogens with two attached hydrogens (primary N) is 1. The lowest BCUT2D eigenvalue weighted by Crippen LogP contribution is -2.34. The Balaban J connectivity index is 2.01. The van der Waals surface area contributed by atoms with Crippen molar-refractivity contribution in [1.82, 2.24) is 0 Å². The van der Waals surface area contributed by atoms with Gasteiger partial charge in [0.15, 0.2) is 0 Å². The van der Waals surface area contributed by atoms with Crippen LogP contribution >= 0.6 is 7.92 Å². The zero-order valence-electron chi connectivity index (χ0n) is 12.7. The summed E-state index contributed by atoms with van der Waals surface area (Å²) >= 11 is 0. The van der Waals surface area contributed by atoms with E-state index in [4.69, 9.17) is 5.73 Å². The Bertz CT molecular complexity index is 513. The molecule has 21 heavy (non-hydrogen) atoms. The summed E-state index contributed by atoms with van der Waals surface area (Å²) in [5.41, 5.74) is 7.02. The average Bonchev–Trinajstić information content (AvgIpc) is 2.99. The van der Waals surface area contributed by atoms with E-state index in [-0.39, 0.29) is 7.92 Å². The first kappa shape index (κ1) is 14.8. The van der Waals surface area contributed by atoms with Crippen LogP contribution in [0.2, 0.25) is 0 Å². The van der Waals surface area contributed by atoms with E-state index in [2.05, 4.69) is 67.6 Å². The van der Waals surface area contributed by atoms with Gasteiger partial charge in [-0.1, -0.05) is 67.1 Å². The van der Waals surface area contributed by atoms with E-state index in [9.17, 15) is 0 Å². The Kier molecular flexibility index (Phi) is 4.73. The van der Waals surface area contributed by atoms with Crippen LogP contribution in [-0.4, -0.2) is 11.7 Å². The van der Waals surface area contributed by atoms with Crippen molar-refractivity contribution in [3.63, 3.8) is 0 Å². The molecule has 2 aromatic carbocycles. The van der Waals surface area contributed by atoms with Crippen molar-refractivity contribution in [2.75, 3.05) is 0 Å². The molecule has 0 aromatic heterocycles. The zero-order chi connectivity index (χ0) is 14.7. The molecule has 1 aliphatic rings. The first-order valence-electron chi connectivity index (χ1n) is 7.92. The topological polar surface area (TPSA) is 26.0 Å². The quantitative estimate of drug-likeness (QED) is 0.857. The van der Waals surface area contributed by atoms with Crippen molar-refractivity contribution in [3.05, 3.63) is 60.7 Å². The number of benzene rings is 2. The van der Waals surface area contributed by atoms with E-state index in [1.165, 1.54) is 29.9 Å². The van der Waals surface area contributed by atoms with Crippen molar-refractivity contribution >= 4 is 18.5 Å². The van der Waals surface area contributed by atoms with Crippen LogP contribution in [0.4, 0.5) is 0 Å². The maximum absolute atomic E-state index is 6.29. The van der Waals surface area contributed by atoms with Crippen molar-refractivity contribution in [2.24, 2.45) is 11.7 Å². The molecule has 1 saturated carbocycles. The molecule has 0 bridgehead atoms. The van der Waals surface area contributed by atoms with Crippen molar-refractivity contribution < 1.29 is 0 Å². The molecule has 2 heteroatoms. The fourth-order valence-corrected chi connectivity index (χ4v) is 6.91. The number of hydrogen-bond donors (Lipinski definition) is 1. The molecular weight excluding hydrogens is 273 g/mol. The van der Waals surface area contributed by atoms with E-state index in [0.717, 1.165) is 5.66 Å². The SMILES string of the molecule is C[C@@H](N)C1CCC[C@H]1P(c1ccccc1)c1ccccc1. The predicted molar refractivity (Wildman–Crippen MR) is 93.9 cm³/mol. The van der Waals surface area contributed by atoms with Gasteiger partial charge in [0.1, 0.15) is 0 Å². The molecule has 2 aromatic rings. The van der Waals surface area contributed by atoms with Crippen LogP contribution in [0, 0.1) is 5.92 Å². The van der Waals surface area contributed by atoms with Gasteiger partial charge in [0.25, 0.3) is 0 Å². The van der Waals surface area contributed by atoms with Crippen LogP contribution in [0.25, 0.3) is 0 Å². The monoisotopic (exact) mass is 297 g/mol. The van der Waals surface area contributed by atoms with Crippen LogP contribution in [0.15, 0.2) is 60.7 Å². The molecule has 1 unspecified atom stereocenters. The summed E-state index contributed by atoms with van der Waals surface area (Å²) in [4.78, 5) is 0. The molecule has 3 rings (SSSR count). The van der Waals surface area contributed by atoms with Crippen LogP contribution in [-0.2, 0) is 0 Å². The molecular formula is C19H24NP. The van der Waals surface area contributed by atoms with Gasteiger partial charge in [-0.2, -0.15) is 0 Å². The van der Waals surface area contributed by atoms with Crippen LogP contribution in [0.3, 0.4) is 0 Å². The largest absolute Gasteiger partial charge is 0.328 e. The van der Waals surface area contributed by atoms with Gasteiger partial charge in [-0.15, -0.1) is 0 Å². The zero-order valence-corrected chi connectivity index (χ0v) is 13.5. The maximum atomic E-state index is 6.29. The van der Waals surface area contributed by atoms with Gasteiger partial charge in [-0.05, 0) is 49.9 Å². The molecule has 3 atom stereocenters. The molecule has 0 spiro atoms. The van der Waals surface area contributed by atoms with Gasteiger partial charge in [-0.3, -0.25) is 0 Å². The summed E-state index contributed by atoms with van der Waals surface area (Å²) in [6, 6.07) is 22.4. The smallest absolute Gasteiger partial charge is 0.00450 e. The van der Waals surface area contributed by atoms with Gasteiger partial charge in [0.2, 0.25) is 0 Å². The Morgan fingerprint density at radius 2 is 1.43 bits per heavy atom. The second kappa shape index (κ2) is 6.73. The second-order valence-corrected chi connectivity index (χ2v) is 8.50. The maximum Gasteiger partial charge on any atom is 0.00450 e. The minimum Gasteiger partial charge on any atom is -0.328 e. The third-order valence-corrected chi connectivity index (χ3v) is 7.62. The predicted octanol–water partition coefficient (Wildman–Crippen LogP) is 3.64. The van der Waals surface area contributed by atoms with Crippen LogP contribution in [0.5, 0.6) is 0 Å². The van der Waals surface area contributed by atoms with E-state index in [1.807, 2.05) is 0 Å². The number of rotatable bonds is 4. The summed E-state index contributed by atoms with van der Waals surface area (Å²) in [7, 11) is -0.304. The Labute approximate surface area is 129 Å². The molecule has 2 N–H and O–H groups in total. The lowest BCUT2D eigenvalue weighted by molar-refractivity contribution is 0.465. The summed E-state index contributed by atoms with van der Waals surface area (Å²) < 4.78 is 0. The standard InChI is InChI=1S/C19H24NP/c1-15(20)18-13-8-14-19(18)21(16-9-4-2-5-10-16)17-11-6-3-7-12-17/h2-7,9-12,15,18-19H,8,13-14,20H2,1H3/t15-,18?,19-/m1/s1. The Morgan fingerprint density at radius 3 is 1.90 bits per heavy atom. The van der Waals surface area contributed by atoms with Gasteiger partial charge < -0.3 is 5.73 Å². The molecule has 110 valence electrons. The lowest BCUT2D eigenvalue weighted by atomic mass is 10.0. The molecule has 0 aliphatic heterocycles. The second-order valence-electron chi connectivity index (χ2n) is 6.06. The summed E-state index contributed by atoms with van der Waals surface area (Å²) in [6.45, 7) is 2.19. The van der Waals surface area contributed by atoms with Gasteiger partial charge in [-0.25, -0.2) is 0 Å². The Morgan fingerprint density at radius 1 is 0.905 bits per heavy atom. The van der Waals surface area contributed by atoms with Gasteiger partial charge in [0.05, 0.1) is 0 Å². The highest BCUT2D eigenvalue weighted by Crippen LogP contribution is 2.50. The molecule has 1 nitrogen and oxygen atoms in total. The Hall–Kier alpha value is -1.17. The first-order chi connectivity index (χ1) is 10.3. The minimum absolute atomic E-state index is 0.301.